The van der Waals surface area contributed by atoms with Crippen LogP contribution in [-0.2, 0) is 0 Å². The second-order valence-electron chi connectivity index (χ2n) is 2.07. The van der Waals surface area contributed by atoms with Crippen LogP contribution in [0.4, 0.5) is 5.95 Å². The Labute approximate surface area is 80.5 Å². The molecule has 0 aliphatic carbocycles. The van der Waals surface area contributed by atoms with Crippen molar-refractivity contribution >= 4 is 33.2 Å². The Hall–Kier alpha value is -0.880. The van der Waals surface area contributed by atoms with Crippen LogP contribution in [0, 0.1) is 0 Å². The molecule has 2 rings (SSSR count). The van der Waals surface area contributed by atoms with Gasteiger partial charge in [-0.3, -0.25) is 0 Å². The van der Waals surface area contributed by atoms with Crippen molar-refractivity contribution < 1.29 is 4.52 Å². The Kier molecular flexibility index (Phi) is 1.86. The summed E-state index contributed by atoms with van der Waals surface area (Å²) in [6.07, 6.45) is 0. The number of thiophene rings is 1. The molecule has 0 aliphatic rings. The number of halogens is 1. The number of nitrogens with zero attached hydrogens (tertiary/aromatic N) is 2. The zero-order valence-corrected chi connectivity index (χ0v) is 8.22. The first kappa shape index (κ1) is 7.75. The molecule has 0 saturated heterocycles. The van der Waals surface area contributed by atoms with E-state index in [1.165, 1.54) is 0 Å². The zero-order valence-electron chi connectivity index (χ0n) is 5.82. The summed E-state index contributed by atoms with van der Waals surface area (Å²) in [6, 6.07) is 1.89. The van der Waals surface area contributed by atoms with Gasteiger partial charge >= 0.3 is 0 Å². The van der Waals surface area contributed by atoms with Crippen LogP contribution in [0.15, 0.2) is 19.8 Å². The molecule has 0 unspecified atom stereocenters. The second-order valence-corrected chi connectivity index (χ2v) is 4.30. The van der Waals surface area contributed by atoms with E-state index in [1.807, 2.05) is 11.4 Å². The average Bonchev–Trinajstić information content (AvgIpc) is 2.58. The van der Waals surface area contributed by atoms with E-state index in [0.29, 0.717) is 5.89 Å². The highest BCUT2D eigenvalue weighted by Gasteiger charge is 2.10. The third-order valence-electron chi connectivity index (χ3n) is 1.29. The van der Waals surface area contributed by atoms with Crippen LogP contribution in [0.2, 0.25) is 0 Å². The molecule has 0 aromatic carbocycles. The molecular formula is C6H4BrN3OS. The largest absolute Gasteiger partial charge is 0.365 e. The van der Waals surface area contributed by atoms with Crippen LogP contribution in [0.3, 0.4) is 0 Å². The van der Waals surface area contributed by atoms with Crippen LogP contribution in [0.5, 0.6) is 0 Å². The lowest BCUT2D eigenvalue weighted by atomic mass is 10.3. The Morgan fingerprint density at radius 3 is 2.92 bits per heavy atom. The van der Waals surface area contributed by atoms with Gasteiger partial charge in [-0.2, -0.15) is 4.98 Å². The Morgan fingerprint density at radius 2 is 2.42 bits per heavy atom. The zero-order chi connectivity index (χ0) is 8.55. The van der Waals surface area contributed by atoms with Crippen molar-refractivity contribution in [3.8, 4) is 11.5 Å². The van der Waals surface area contributed by atoms with Gasteiger partial charge in [0.05, 0.1) is 9.35 Å². The van der Waals surface area contributed by atoms with Crippen molar-refractivity contribution in [2.75, 3.05) is 5.73 Å². The summed E-state index contributed by atoms with van der Waals surface area (Å²) in [5.41, 5.74) is 6.19. The second kappa shape index (κ2) is 2.87. The van der Waals surface area contributed by atoms with Crippen LogP contribution in [-0.4, -0.2) is 10.1 Å². The monoisotopic (exact) mass is 245 g/mol. The SMILES string of the molecule is Nc1noc(-c2ccsc2Br)n1. The molecule has 0 aliphatic heterocycles. The summed E-state index contributed by atoms with van der Waals surface area (Å²) in [7, 11) is 0. The highest BCUT2D eigenvalue weighted by atomic mass is 79.9. The van der Waals surface area contributed by atoms with E-state index in [-0.39, 0.29) is 5.95 Å². The van der Waals surface area contributed by atoms with E-state index in [2.05, 4.69) is 26.1 Å². The fourth-order valence-electron chi connectivity index (χ4n) is 0.790. The van der Waals surface area contributed by atoms with Crippen molar-refractivity contribution in [1.82, 2.24) is 10.1 Å². The van der Waals surface area contributed by atoms with Gasteiger partial charge in [-0.25, -0.2) is 0 Å². The van der Waals surface area contributed by atoms with E-state index in [9.17, 15) is 0 Å². The molecule has 6 heteroatoms. The van der Waals surface area contributed by atoms with E-state index in [0.717, 1.165) is 9.35 Å². The molecule has 12 heavy (non-hydrogen) atoms. The molecule has 0 fully saturated rings. The number of hydrogen-bond donors (Lipinski definition) is 1. The summed E-state index contributed by atoms with van der Waals surface area (Å²) in [5.74, 6) is 0.601. The summed E-state index contributed by atoms with van der Waals surface area (Å²) in [5, 5.41) is 5.42. The van der Waals surface area contributed by atoms with Crippen LogP contribution >= 0.6 is 27.3 Å². The third kappa shape index (κ3) is 1.23. The number of aromatic nitrogens is 2. The van der Waals surface area contributed by atoms with Gasteiger partial charge in [0.15, 0.2) is 0 Å². The number of rotatable bonds is 1. The maximum absolute atomic E-state index is 5.31. The minimum Gasteiger partial charge on any atom is -0.365 e. The fraction of sp³-hybridized carbons (Fsp3) is 0. The summed E-state index contributed by atoms with van der Waals surface area (Å²) >= 11 is 4.92. The number of nitrogens with two attached hydrogens (primary N) is 1. The molecule has 2 aromatic rings. The lowest BCUT2D eigenvalue weighted by Gasteiger charge is -1.86. The number of anilines is 1. The predicted molar refractivity (Wildman–Crippen MR) is 49.7 cm³/mol. The van der Waals surface area contributed by atoms with Gasteiger partial charge in [-0.15, -0.1) is 11.3 Å². The van der Waals surface area contributed by atoms with Gasteiger partial charge < -0.3 is 10.3 Å². The highest BCUT2D eigenvalue weighted by molar-refractivity contribution is 9.11. The van der Waals surface area contributed by atoms with Gasteiger partial charge in [0.25, 0.3) is 11.8 Å². The van der Waals surface area contributed by atoms with Gasteiger partial charge in [0.2, 0.25) is 0 Å². The lowest BCUT2D eigenvalue weighted by Crippen LogP contribution is -1.85. The maximum atomic E-state index is 5.31. The molecule has 0 amide bonds. The summed E-state index contributed by atoms with van der Waals surface area (Å²) in [6.45, 7) is 0. The Bertz CT molecular complexity index is 397. The minimum absolute atomic E-state index is 0.156. The molecule has 2 heterocycles. The van der Waals surface area contributed by atoms with Gasteiger partial charge in [-0.05, 0) is 32.5 Å². The van der Waals surface area contributed by atoms with Crippen LogP contribution < -0.4 is 5.73 Å². The number of nitrogen functional groups attached to an aromatic ring is 1. The molecule has 0 spiro atoms. The summed E-state index contributed by atoms with van der Waals surface area (Å²) < 4.78 is 5.84. The van der Waals surface area contributed by atoms with Gasteiger partial charge in [0, 0.05) is 0 Å². The molecule has 2 aromatic heterocycles. The van der Waals surface area contributed by atoms with Crippen molar-refractivity contribution in [2.45, 2.75) is 0 Å². The molecular weight excluding hydrogens is 242 g/mol. The predicted octanol–water partition coefficient (Wildman–Crippen LogP) is 2.14. The lowest BCUT2D eigenvalue weighted by molar-refractivity contribution is 0.433. The average molecular weight is 246 g/mol. The van der Waals surface area contributed by atoms with E-state index < -0.39 is 0 Å². The van der Waals surface area contributed by atoms with E-state index >= 15 is 0 Å². The Balaban J connectivity index is 2.50. The van der Waals surface area contributed by atoms with Crippen LogP contribution in [0.1, 0.15) is 0 Å². The molecule has 4 nitrogen and oxygen atoms in total. The molecule has 62 valence electrons. The van der Waals surface area contributed by atoms with Crippen molar-refractivity contribution in [1.29, 1.82) is 0 Å². The van der Waals surface area contributed by atoms with Crippen molar-refractivity contribution in [2.24, 2.45) is 0 Å². The number of hydrogen-bond acceptors (Lipinski definition) is 5. The van der Waals surface area contributed by atoms with Crippen molar-refractivity contribution in [3.05, 3.63) is 15.2 Å². The first-order valence-electron chi connectivity index (χ1n) is 3.10. The highest BCUT2D eigenvalue weighted by Crippen LogP contribution is 2.31. The van der Waals surface area contributed by atoms with Gasteiger partial charge in [-0.1, -0.05) is 0 Å². The Morgan fingerprint density at radius 1 is 1.58 bits per heavy atom. The van der Waals surface area contributed by atoms with Crippen LogP contribution in [0.25, 0.3) is 11.5 Å². The smallest absolute Gasteiger partial charge is 0.261 e. The third-order valence-corrected chi connectivity index (χ3v) is 2.98. The molecule has 0 bridgehead atoms. The van der Waals surface area contributed by atoms with Gasteiger partial charge in [0.1, 0.15) is 0 Å². The summed E-state index contributed by atoms with van der Waals surface area (Å²) in [4.78, 5) is 3.89. The minimum atomic E-state index is 0.156. The quantitative estimate of drug-likeness (QED) is 0.837. The molecule has 2 N–H and O–H groups in total. The molecule has 0 radical (unpaired) electrons. The first-order chi connectivity index (χ1) is 5.77. The topological polar surface area (TPSA) is 64.9 Å². The van der Waals surface area contributed by atoms with E-state index in [4.69, 9.17) is 10.3 Å². The standard InChI is InChI=1S/C6H4BrN3OS/c7-4-3(1-2-12-4)5-9-6(8)10-11-5/h1-2H,(H2,8,10). The normalized spacial score (nSPS) is 10.4. The fourth-order valence-corrected chi connectivity index (χ4v) is 2.02. The molecule has 0 saturated carbocycles. The maximum Gasteiger partial charge on any atom is 0.261 e. The van der Waals surface area contributed by atoms with E-state index in [1.54, 1.807) is 11.3 Å². The van der Waals surface area contributed by atoms with Crippen molar-refractivity contribution in [3.63, 3.8) is 0 Å². The first-order valence-corrected chi connectivity index (χ1v) is 4.77. The molecule has 0 atom stereocenters.